The van der Waals surface area contributed by atoms with E-state index < -0.39 is 0 Å². The molecule has 1 N–H and O–H groups in total. The molecule has 1 heterocycles. The first-order valence-corrected chi connectivity index (χ1v) is 9.52. The minimum atomic E-state index is 0.339. The van der Waals surface area contributed by atoms with Gasteiger partial charge in [0.15, 0.2) is 0 Å². The SMILES string of the molecule is CCC1(C)CN(CC2CC3CCC2C3)C(C)(C2CC2)CN1. The van der Waals surface area contributed by atoms with Crippen LogP contribution in [-0.4, -0.2) is 35.6 Å². The van der Waals surface area contributed by atoms with Crippen LogP contribution in [0.5, 0.6) is 0 Å². The van der Waals surface area contributed by atoms with E-state index >= 15 is 0 Å². The summed E-state index contributed by atoms with van der Waals surface area (Å²) < 4.78 is 0. The summed E-state index contributed by atoms with van der Waals surface area (Å²) in [7, 11) is 0. The molecule has 4 fully saturated rings. The van der Waals surface area contributed by atoms with E-state index in [1.807, 2.05) is 0 Å². The van der Waals surface area contributed by atoms with E-state index in [2.05, 4.69) is 31.0 Å². The van der Waals surface area contributed by atoms with Gasteiger partial charge in [-0.1, -0.05) is 13.3 Å². The van der Waals surface area contributed by atoms with Crippen molar-refractivity contribution >= 4 is 0 Å². The molecule has 3 saturated carbocycles. The fourth-order valence-electron chi connectivity index (χ4n) is 5.66. The maximum atomic E-state index is 3.90. The Hall–Kier alpha value is -0.0800. The molecular weight excluding hydrogens is 256 g/mol. The van der Waals surface area contributed by atoms with E-state index in [9.17, 15) is 0 Å². The summed E-state index contributed by atoms with van der Waals surface area (Å²) in [5, 5.41) is 3.90. The summed E-state index contributed by atoms with van der Waals surface area (Å²) in [5.74, 6) is 4.14. The lowest BCUT2D eigenvalue weighted by Crippen LogP contribution is -2.69. The highest BCUT2D eigenvalue weighted by atomic mass is 15.3. The molecule has 1 saturated heterocycles. The van der Waals surface area contributed by atoms with Crippen LogP contribution >= 0.6 is 0 Å². The number of rotatable bonds is 4. The molecule has 0 aromatic heterocycles. The Kier molecular flexibility index (Phi) is 3.43. The quantitative estimate of drug-likeness (QED) is 0.850. The van der Waals surface area contributed by atoms with Crippen molar-refractivity contribution in [2.45, 2.75) is 76.8 Å². The summed E-state index contributed by atoms with van der Waals surface area (Å²) in [6, 6.07) is 0. The normalized spacial score (nSPS) is 50.7. The first-order chi connectivity index (χ1) is 10.0. The van der Waals surface area contributed by atoms with Gasteiger partial charge in [-0.2, -0.15) is 0 Å². The summed E-state index contributed by atoms with van der Waals surface area (Å²) in [4.78, 5) is 2.94. The minimum absolute atomic E-state index is 0.339. The van der Waals surface area contributed by atoms with Gasteiger partial charge in [0.1, 0.15) is 0 Å². The van der Waals surface area contributed by atoms with Crippen LogP contribution < -0.4 is 5.32 Å². The minimum Gasteiger partial charge on any atom is -0.308 e. The molecule has 0 spiro atoms. The van der Waals surface area contributed by atoms with Gasteiger partial charge in [0.05, 0.1) is 0 Å². The molecule has 21 heavy (non-hydrogen) atoms. The summed E-state index contributed by atoms with van der Waals surface area (Å²) in [6.07, 6.45) is 10.4. The second-order valence-corrected chi connectivity index (χ2v) is 9.21. The van der Waals surface area contributed by atoms with Gasteiger partial charge in [0, 0.05) is 30.7 Å². The van der Waals surface area contributed by atoms with Gasteiger partial charge in [0.2, 0.25) is 0 Å². The van der Waals surface area contributed by atoms with Crippen molar-refractivity contribution in [2.75, 3.05) is 19.6 Å². The third-order valence-corrected chi connectivity index (χ3v) is 7.71. The molecule has 0 aromatic carbocycles. The predicted molar refractivity (Wildman–Crippen MR) is 88.3 cm³/mol. The highest BCUT2D eigenvalue weighted by Crippen LogP contribution is 2.51. The maximum Gasteiger partial charge on any atom is 0.0335 e. The molecule has 2 heteroatoms. The Morgan fingerprint density at radius 2 is 1.90 bits per heavy atom. The third-order valence-electron chi connectivity index (χ3n) is 7.71. The first kappa shape index (κ1) is 14.5. The van der Waals surface area contributed by atoms with Gasteiger partial charge in [0.25, 0.3) is 0 Å². The zero-order valence-electron chi connectivity index (χ0n) is 14.3. The average Bonchev–Trinajstić information content (AvgIpc) is 3.15. The number of piperazine rings is 1. The number of fused-ring (bicyclic) bond motifs is 2. The molecule has 5 unspecified atom stereocenters. The van der Waals surface area contributed by atoms with Crippen molar-refractivity contribution in [3.05, 3.63) is 0 Å². The summed E-state index contributed by atoms with van der Waals surface area (Å²) >= 11 is 0. The molecule has 4 rings (SSSR count). The predicted octanol–water partition coefficient (Wildman–Crippen LogP) is 3.67. The average molecular weight is 290 g/mol. The highest BCUT2D eigenvalue weighted by molar-refractivity contribution is 5.08. The van der Waals surface area contributed by atoms with Gasteiger partial charge >= 0.3 is 0 Å². The zero-order valence-corrected chi connectivity index (χ0v) is 14.3. The Bertz CT molecular complexity index is 404. The van der Waals surface area contributed by atoms with Crippen LogP contribution in [0.4, 0.5) is 0 Å². The lowest BCUT2D eigenvalue weighted by atomic mass is 9.81. The molecule has 4 aliphatic rings. The van der Waals surface area contributed by atoms with Crippen molar-refractivity contribution < 1.29 is 0 Å². The van der Waals surface area contributed by atoms with Crippen LogP contribution in [0.2, 0.25) is 0 Å². The van der Waals surface area contributed by atoms with Crippen molar-refractivity contribution in [3.63, 3.8) is 0 Å². The molecule has 2 nitrogen and oxygen atoms in total. The van der Waals surface area contributed by atoms with Crippen LogP contribution in [0, 0.1) is 23.7 Å². The number of nitrogens with zero attached hydrogens (tertiary/aromatic N) is 1. The van der Waals surface area contributed by atoms with Crippen LogP contribution in [0.1, 0.15) is 65.7 Å². The fraction of sp³-hybridized carbons (Fsp3) is 1.00. The monoisotopic (exact) mass is 290 g/mol. The molecule has 120 valence electrons. The third kappa shape index (κ3) is 2.47. The maximum absolute atomic E-state index is 3.90. The smallest absolute Gasteiger partial charge is 0.0335 e. The van der Waals surface area contributed by atoms with Crippen molar-refractivity contribution in [3.8, 4) is 0 Å². The molecular formula is C19H34N2. The van der Waals surface area contributed by atoms with Crippen LogP contribution in [-0.2, 0) is 0 Å². The van der Waals surface area contributed by atoms with E-state index in [0.29, 0.717) is 11.1 Å². The van der Waals surface area contributed by atoms with Crippen LogP contribution in [0.25, 0.3) is 0 Å². The number of hydrogen-bond acceptors (Lipinski definition) is 2. The Labute approximate surface area is 131 Å². The fourth-order valence-corrected chi connectivity index (χ4v) is 5.66. The molecule has 0 aromatic rings. The summed E-state index contributed by atoms with van der Waals surface area (Å²) in [6.45, 7) is 11.2. The van der Waals surface area contributed by atoms with Crippen molar-refractivity contribution in [1.82, 2.24) is 10.2 Å². The molecule has 2 bridgehead atoms. The van der Waals surface area contributed by atoms with Crippen LogP contribution in [0.15, 0.2) is 0 Å². The standard InChI is InChI=1S/C19H34N2/c1-4-18(2)13-21(19(3,12-20-18)17-7-8-17)11-16-10-14-5-6-15(16)9-14/h14-17,20H,4-13H2,1-3H3. The number of nitrogens with one attached hydrogen (secondary N) is 1. The Morgan fingerprint density at radius 3 is 2.48 bits per heavy atom. The van der Waals surface area contributed by atoms with E-state index in [1.54, 1.807) is 6.42 Å². The highest BCUT2D eigenvalue weighted by Gasteiger charge is 2.52. The molecule has 5 atom stereocenters. The molecule has 3 aliphatic carbocycles. The Morgan fingerprint density at radius 1 is 1.10 bits per heavy atom. The lowest BCUT2D eigenvalue weighted by Gasteiger charge is -2.54. The van der Waals surface area contributed by atoms with E-state index in [0.717, 1.165) is 23.7 Å². The van der Waals surface area contributed by atoms with Gasteiger partial charge in [-0.25, -0.2) is 0 Å². The van der Waals surface area contributed by atoms with Gasteiger partial charge in [-0.3, -0.25) is 4.90 Å². The molecule has 0 amide bonds. The van der Waals surface area contributed by atoms with E-state index in [1.165, 1.54) is 58.2 Å². The molecule has 1 aliphatic heterocycles. The lowest BCUT2D eigenvalue weighted by molar-refractivity contribution is -0.0114. The van der Waals surface area contributed by atoms with Crippen molar-refractivity contribution in [1.29, 1.82) is 0 Å². The van der Waals surface area contributed by atoms with Crippen molar-refractivity contribution in [2.24, 2.45) is 23.7 Å². The van der Waals surface area contributed by atoms with E-state index in [4.69, 9.17) is 0 Å². The van der Waals surface area contributed by atoms with Gasteiger partial charge < -0.3 is 5.32 Å². The van der Waals surface area contributed by atoms with Gasteiger partial charge in [-0.15, -0.1) is 0 Å². The molecule has 0 radical (unpaired) electrons. The second-order valence-electron chi connectivity index (χ2n) is 9.21. The van der Waals surface area contributed by atoms with Gasteiger partial charge in [-0.05, 0) is 76.0 Å². The largest absolute Gasteiger partial charge is 0.308 e. The van der Waals surface area contributed by atoms with E-state index in [-0.39, 0.29) is 0 Å². The zero-order chi connectivity index (χ0) is 14.7. The summed E-state index contributed by atoms with van der Waals surface area (Å²) in [5.41, 5.74) is 0.780. The topological polar surface area (TPSA) is 15.3 Å². The number of hydrogen-bond donors (Lipinski definition) is 1. The first-order valence-electron chi connectivity index (χ1n) is 9.52. The second kappa shape index (κ2) is 4.96. The van der Waals surface area contributed by atoms with Crippen LogP contribution in [0.3, 0.4) is 0 Å². The Balaban J connectivity index is 1.50.